The smallest absolute Gasteiger partial charge is 0.165 e. The van der Waals surface area contributed by atoms with Gasteiger partial charge in [0.05, 0.1) is 11.0 Å². The van der Waals surface area contributed by atoms with Gasteiger partial charge in [-0.2, -0.15) is 0 Å². The SMILES string of the molecule is c1ccc(-c2nc(-c3cccc4c3sc3ccccc34)nc(-c3cccc4oc5cc(-n6c7ccccc7c7ccccc76)ccc5c34)n2)cc1. The predicted octanol–water partition coefficient (Wildman–Crippen LogP) is 12.2. The summed E-state index contributed by atoms with van der Waals surface area (Å²) in [5, 5.41) is 6.90. The van der Waals surface area contributed by atoms with Crippen LogP contribution in [0.2, 0.25) is 0 Å². The Kier molecular flexibility index (Phi) is 6.05. The van der Waals surface area contributed by atoms with Crippen LogP contribution in [0, 0.1) is 0 Å². The third-order valence-corrected chi connectivity index (χ3v) is 11.1. The number of nitrogens with zero attached hydrogens (tertiary/aromatic N) is 4. The monoisotopic (exact) mass is 670 g/mol. The van der Waals surface area contributed by atoms with Crippen LogP contribution < -0.4 is 0 Å². The minimum atomic E-state index is 0.608. The Morgan fingerprint density at radius 1 is 0.451 bits per heavy atom. The fourth-order valence-electron chi connectivity index (χ4n) is 7.60. The summed E-state index contributed by atoms with van der Waals surface area (Å²) in [5.74, 6) is 1.89. The van der Waals surface area contributed by atoms with Crippen LogP contribution in [-0.2, 0) is 0 Å². The van der Waals surface area contributed by atoms with Crippen molar-refractivity contribution in [2.75, 3.05) is 0 Å². The van der Waals surface area contributed by atoms with Crippen molar-refractivity contribution in [3.05, 3.63) is 158 Å². The number of thiophene rings is 1. The number of hydrogen-bond acceptors (Lipinski definition) is 5. The van der Waals surface area contributed by atoms with E-state index in [4.69, 9.17) is 19.4 Å². The maximum atomic E-state index is 6.62. The quantitative estimate of drug-likeness (QED) is 0.187. The molecular weight excluding hydrogens is 645 g/mol. The fourth-order valence-corrected chi connectivity index (χ4v) is 8.81. The summed E-state index contributed by atoms with van der Waals surface area (Å²) in [7, 11) is 0. The first-order valence-electron chi connectivity index (χ1n) is 16.9. The van der Waals surface area contributed by atoms with E-state index in [9.17, 15) is 0 Å². The summed E-state index contributed by atoms with van der Waals surface area (Å²) in [6.07, 6.45) is 0. The molecule has 0 atom stereocenters. The lowest BCUT2D eigenvalue weighted by Crippen LogP contribution is -2.00. The van der Waals surface area contributed by atoms with E-state index in [1.807, 2.05) is 42.5 Å². The maximum Gasteiger partial charge on any atom is 0.165 e. The summed E-state index contributed by atoms with van der Waals surface area (Å²) in [6.45, 7) is 0. The van der Waals surface area contributed by atoms with Crippen LogP contribution in [0.3, 0.4) is 0 Å². The van der Waals surface area contributed by atoms with Gasteiger partial charge in [0.25, 0.3) is 0 Å². The first-order valence-corrected chi connectivity index (χ1v) is 17.8. The van der Waals surface area contributed by atoms with Crippen molar-refractivity contribution in [3.8, 4) is 39.9 Å². The van der Waals surface area contributed by atoms with Crippen molar-refractivity contribution < 1.29 is 4.42 Å². The van der Waals surface area contributed by atoms with E-state index >= 15 is 0 Å². The molecule has 0 saturated carbocycles. The molecule has 4 aromatic heterocycles. The van der Waals surface area contributed by atoms with E-state index in [0.29, 0.717) is 17.5 Å². The molecule has 0 N–H and O–H groups in total. The van der Waals surface area contributed by atoms with Crippen LogP contribution in [0.25, 0.3) is 104 Å². The van der Waals surface area contributed by atoms with Crippen LogP contribution >= 0.6 is 11.3 Å². The van der Waals surface area contributed by atoms with Crippen molar-refractivity contribution in [1.82, 2.24) is 19.5 Å². The van der Waals surface area contributed by atoms with E-state index in [-0.39, 0.29) is 0 Å². The Labute approximate surface area is 295 Å². The molecule has 238 valence electrons. The molecule has 0 radical (unpaired) electrons. The summed E-state index contributed by atoms with van der Waals surface area (Å²) >= 11 is 1.78. The van der Waals surface area contributed by atoms with Crippen molar-refractivity contribution in [3.63, 3.8) is 0 Å². The van der Waals surface area contributed by atoms with E-state index < -0.39 is 0 Å². The summed E-state index contributed by atoms with van der Waals surface area (Å²) in [6, 6.07) is 54.8. The van der Waals surface area contributed by atoms with Crippen molar-refractivity contribution in [2.45, 2.75) is 0 Å². The van der Waals surface area contributed by atoms with Gasteiger partial charge in [0.2, 0.25) is 0 Å². The van der Waals surface area contributed by atoms with Gasteiger partial charge in [0.15, 0.2) is 17.5 Å². The number of hydrogen-bond donors (Lipinski definition) is 0. The Hall–Kier alpha value is -6.63. The molecule has 0 aliphatic carbocycles. The van der Waals surface area contributed by atoms with Gasteiger partial charge in [-0.15, -0.1) is 11.3 Å². The van der Waals surface area contributed by atoms with Crippen molar-refractivity contribution in [2.24, 2.45) is 0 Å². The second-order valence-electron chi connectivity index (χ2n) is 12.8. The molecule has 0 bridgehead atoms. The van der Waals surface area contributed by atoms with E-state index in [2.05, 4.69) is 120 Å². The fraction of sp³-hybridized carbons (Fsp3) is 0. The van der Waals surface area contributed by atoms with Gasteiger partial charge < -0.3 is 8.98 Å². The molecular formula is C45H26N4OS. The summed E-state index contributed by atoms with van der Waals surface area (Å²) in [5.41, 5.74) is 7.80. The molecule has 0 saturated heterocycles. The number of rotatable bonds is 4. The molecule has 51 heavy (non-hydrogen) atoms. The molecule has 0 spiro atoms. The van der Waals surface area contributed by atoms with Gasteiger partial charge in [-0.1, -0.05) is 109 Å². The second-order valence-corrected chi connectivity index (χ2v) is 13.8. The maximum absolute atomic E-state index is 6.62. The Balaban J connectivity index is 1.14. The van der Waals surface area contributed by atoms with Gasteiger partial charge in [-0.25, -0.2) is 15.0 Å². The highest BCUT2D eigenvalue weighted by atomic mass is 32.1. The lowest BCUT2D eigenvalue weighted by molar-refractivity contribution is 0.668. The molecule has 11 aromatic rings. The number of fused-ring (bicyclic) bond motifs is 9. The van der Waals surface area contributed by atoms with Gasteiger partial charge in [-0.3, -0.25) is 0 Å². The molecule has 11 rings (SSSR count). The average molecular weight is 671 g/mol. The molecule has 0 aliphatic heterocycles. The van der Waals surface area contributed by atoms with Gasteiger partial charge >= 0.3 is 0 Å². The molecule has 5 nitrogen and oxygen atoms in total. The third-order valence-electron chi connectivity index (χ3n) is 9.87. The minimum absolute atomic E-state index is 0.608. The third kappa shape index (κ3) is 4.30. The van der Waals surface area contributed by atoms with Gasteiger partial charge in [0, 0.05) is 70.2 Å². The minimum Gasteiger partial charge on any atom is -0.456 e. The first kappa shape index (κ1) is 28.2. The van der Waals surface area contributed by atoms with Crippen LogP contribution in [0.5, 0.6) is 0 Å². The van der Waals surface area contributed by atoms with Crippen molar-refractivity contribution >= 4 is 75.3 Å². The van der Waals surface area contributed by atoms with Crippen LogP contribution in [0.1, 0.15) is 0 Å². The molecule has 0 fully saturated rings. The topological polar surface area (TPSA) is 56.7 Å². The van der Waals surface area contributed by atoms with Crippen LogP contribution in [0.4, 0.5) is 0 Å². The predicted molar refractivity (Wildman–Crippen MR) is 211 cm³/mol. The lowest BCUT2D eigenvalue weighted by Gasteiger charge is -2.10. The van der Waals surface area contributed by atoms with E-state index in [0.717, 1.165) is 55.3 Å². The average Bonchev–Trinajstić information content (AvgIpc) is 3.87. The zero-order valence-corrected chi connectivity index (χ0v) is 27.9. The zero-order chi connectivity index (χ0) is 33.5. The van der Waals surface area contributed by atoms with Crippen LogP contribution in [0.15, 0.2) is 162 Å². The highest BCUT2D eigenvalue weighted by molar-refractivity contribution is 7.26. The highest BCUT2D eigenvalue weighted by Crippen LogP contribution is 2.41. The summed E-state index contributed by atoms with van der Waals surface area (Å²) < 4.78 is 11.3. The molecule has 0 amide bonds. The number of para-hydroxylation sites is 2. The Bertz CT molecular complexity index is 3100. The Morgan fingerprint density at radius 3 is 1.88 bits per heavy atom. The van der Waals surface area contributed by atoms with Crippen molar-refractivity contribution in [1.29, 1.82) is 0 Å². The second kappa shape index (κ2) is 10.9. The van der Waals surface area contributed by atoms with Gasteiger partial charge in [-0.05, 0) is 42.5 Å². The number of aromatic nitrogens is 4. The zero-order valence-electron chi connectivity index (χ0n) is 27.1. The number of furan rings is 1. The van der Waals surface area contributed by atoms with E-state index in [1.54, 1.807) is 11.3 Å². The highest BCUT2D eigenvalue weighted by Gasteiger charge is 2.20. The largest absolute Gasteiger partial charge is 0.456 e. The van der Waals surface area contributed by atoms with Gasteiger partial charge in [0.1, 0.15) is 11.2 Å². The molecule has 0 aliphatic rings. The van der Waals surface area contributed by atoms with E-state index in [1.165, 1.54) is 30.9 Å². The molecule has 6 heteroatoms. The summed E-state index contributed by atoms with van der Waals surface area (Å²) in [4.78, 5) is 15.4. The number of benzene rings is 7. The molecule has 0 unspecified atom stereocenters. The molecule has 4 heterocycles. The Morgan fingerprint density at radius 2 is 1.08 bits per heavy atom. The lowest BCUT2D eigenvalue weighted by atomic mass is 10.0. The molecule has 7 aromatic carbocycles. The van der Waals surface area contributed by atoms with Crippen LogP contribution in [-0.4, -0.2) is 19.5 Å². The normalized spacial score (nSPS) is 11.9. The first-order chi connectivity index (χ1) is 25.3. The standard InChI is InChI=1S/C45H26N4OS/c1-2-12-27(13-3-1)43-46-44(48-45(47-43)35-19-10-17-32-31-16-6-9-23-40(31)51-42(32)35)34-18-11-22-38-41(34)33-25-24-28(26-39(33)50-38)49-36-20-7-4-14-29(36)30-15-5-8-21-37(30)49/h1-26H.